The fourth-order valence-electron chi connectivity index (χ4n) is 0.767. The molecule has 4 nitrogen and oxygen atoms in total. The van der Waals surface area contributed by atoms with Gasteiger partial charge in [-0.3, -0.25) is 4.79 Å². The quantitative estimate of drug-likeness (QED) is 0.691. The molecule has 1 N–H and O–H groups in total. The van der Waals surface area contributed by atoms with Crippen molar-refractivity contribution in [2.45, 2.75) is 39.7 Å². The summed E-state index contributed by atoms with van der Waals surface area (Å²) in [5, 5.41) is 8.38. The highest BCUT2D eigenvalue weighted by Gasteiger charge is 2.08. The van der Waals surface area contributed by atoms with Gasteiger partial charge in [-0.25, -0.2) is 0 Å². The first kappa shape index (κ1) is 14.0. The molecule has 0 rings (SSSR count). The van der Waals surface area contributed by atoms with Crippen molar-refractivity contribution in [2.24, 2.45) is 0 Å². The van der Waals surface area contributed by atoms with Gasteiger partial charge in [0, 0.05) is 0 Å². The highest BCUT2D eigenvalue weighted by molar-refractivity contribution is 5.66. The summed E-state index contributed by atoms with van der Waals surface area (Å²) in [6.45, 7) is 8.38. The Balaban J connectivity index is 3.66. The minimum Gasteiger partial charge on any atom is -0.498 e. The van der Waals surface area contributed by atoms with Crippen molar-refractivity contribution in [1.29, 1.82) is 0 Å². The smallest absolute Gasteiger partial charge is 0.306 e. The number of hydrogen-bond acceptors (Lipinski definition) is 3. The Morgan fingerprint density at radius 3 is 2.47 bits per heavy atom. The van der Waals surface area contributed by atoms with E-state index in [4.69, 9.17) is 14.6 Å². The van der Waals surface area contributed by atoms with Gasteiger partial charge in [-0.15, -0.1) is 0 Å². The summed E-state index contributed by atoms with van der Waals surface area (Å²) >= 11 is 0. The number of aliphatic carboxylic acids is 1. The number of ether oxygens (including phenoxy) is 2. The SMILES string of the molecule is C/C(=C\COC(C)(C)C)OCCC(=O)O. The Morgan fingerprint density at radius 1 is 1.40 bits per heavy atom. The normalized spacial score (nSPS) is 12.7. The zero-order valence-electron chi connectivity index (χ0n) is 9.87. The van der Waals surface area contributed by atoms with E-state index in [2.05, 4.69) is 0 Å². The Morgan fingerprint density at radius 2 is 2.00 bits per heavy atom. The highest BCUT2D eigenvalue weighted by atomic mass is 16.5. The molecule has 0 saturated carbocycles. The van der Waals surface area contributed by atoms with Crippen LogP contribution in [-0.4, -0.2) is 29.9 Å². The van der Waals surface area contributed by atoms with Crippen molar-refractivity contribution in [3.63, 3.8) is 0 Å². The van der Waals surface area contributed by atoms with Gasteiger partial charge in [-0.1, -0.05) is 0 Å². The number of carbonyl (C=O) groups is 1. The Labute approximate surface area is 90.9 Å². The largest absolute Gasteiger partial charge is 0.498 e. The molecular formula is C11H20O4. The maximum Gasteiger partial charge on any atom is 0.306 e. The first-order valence-electron chi connectivity index (χ1n) is 4.96. The molecule has 0 aliphatic carbocycles. The molecule has 0 aromatic carbocycles. The molecule has 0 aliphatic heterocycles. The van der Waals surface area contributed by atoms with Crippen LogP contribution in [0.1, 0.15) is 34.1 Å². The van der Waals surface area contributed by atoms with Crippen LogP contribution >= 0.6 is 0 Å². The summed E-state index contributed by atoms with van der Waals surface area (Å²) in [6, 6.07) is 0. The van der Waals surface area contributed by atoms with Crippen LogP contribution in [0.5, 0.6) is 0 Å². The predicted molar refractivity (Wildman–Crippen MR) is 57.7 cm³/mol. The molecule has 0 unspecified atom stereocenters. The molecule has 0 aliphatic rings. The van der Waals surface area contributed by atoms with Crippen LogP contribution in [-0.2, 0) is 14.3 Å². The monoisotopic (exact) mass is 216 g/mol. The third-order valence-electron chi connectivity index (χ3n) is 1.53. The summed E-state index contributed by atoms with van der Waals surface area (Å²) in [7, 11) is 0. The fourth-order valence-corrected chi connectivity index (χ4v) is 0.767. The van der Waals surface area contributed by atoms with Crippen molar-refractivity contribution < 1.29 is 19.4 Å². The lowest BCUT2D eigenvalue weighted by Crippen LogP contribution is -2.19. The molecule has 0 aromatic rings. The van der Waals surface area contributed by atoms with E-state index in [0.717, 1.165) is 0 Å². The maximum atomic E-state index is 10.2. The highest BCUT2D eigenvalue weighted by Crippen LogP contribution is 2.07. The van der Waals surface area contributed by atoms with E-state index in [-0.39, 0.29) is 18.6 Å². The molecule has 0 aromatic heterocycles. The van der Waals surface area contributed by atoms with Crippen LogP contribution in [0.4, 0.5) is 0 Å². The van der Waals surface area contributed by atoms with Crippen LogP contribution in [0.15, 0.2) is 11.8 Å². The molecule has 0 amide bonds. The third kappa shape index (κ3) is 10.9. The average molecular weight is 216 g/mol. The van der Waals surface area contributed by atoms with Crippen LogP contribution in [0.3, 0.4) is 0 Å². The number of allylic oxidation sites excluding steroid dienone is 1. The fraction of sp³-hybridized carbons (Fsp3) is 0.727. The van der Waals surface area contributed by atoms with Crippen LogP contribution in [0.2, 0.25) is 0 Å². The summed E-state index contributed by atoms with van der Waals surface area (Å²) < 4.78 is 10.6. The van der Waals surface area contributed by atoms with Gasteiger partial charge < -0.3 is 14.6 Å². The van der Waals surface area contributed by atoms with E-state index in [1.807, 2.05) is 20.8 Å². The lowest BCUT2D eigenvalue weighted by atomic mass is 10.2. The standard InChI is InChI=1S/C11H20O4/c1-9(14-7-6-10(12)13)5-8-15-11(2,3)4/h5H,6-8H2,1-4H3,(H,12,13)/b9-5+. The van der Waals surface area contributed by atoms with Crippen LogP contribution in [0, 0.1) is 0 Å². The zero-order valence-corrected chi connectivity index (χ0v) is 9.87. The molecular weight excluding hydrogens is 196 g/mol. The van der Waals surface area contributed by atoms with Crippen LogP contribution < -0.4 is 0 Å². The third-order valence-corrected chi connectivity index (χ3v) is 1.53. The summed E-state index contributed by atoms with van der Waals surface area (Å²) in [5.41, 5.74) is -0.169. The molecule has 0 spiro atoms. The Kier molecular flexibility index (Phi) is 6.01. The van der Waals surface area contributed by atoms with Gasteiger partial charge in [0.1, 0.15) is 0 Å². The minimum atomic E-state index is -0.853. The maximum absolute atomic E-state index is 10.2. The first-order chi connectivity index (χ1) is 6.81. The van der Waals surface area contributed by atoms with E-state index < -0.39 is 5.97 Å². The van der Waals surface area contributed by atoms with Crippen LogP contribution in [0.25, 0.3) is 0 Å². The Hall–Kier alpha value is -1.03. The van der Waals surface area contributed by atoms with Crippen molar-refractivity contribution in [3.05, 3.63) is 11.8 Å². The zero-order chi connectivity index (χ0) is 11.9. The minimum absolute atomic E-state index is 0.0192. The van der Waals surface area contributed by atoms with Gasteiger partial charge in [0.05, 0.1) is 31.0 Å². The van der Waals surface area contributed by atoms with Crippen molar-refractivity contribution in [3.8, 4) is 0 Å². The van der Waals surface area contributed by atoms with Crippen molar-refractivity contribution in [2.75, 3.05) is 13.2 Å². The molecule has 0 heterocycles. The first-order valence-corrected chi connectivity index (χ1v) is 4.96. The molecule has 0 saturated heterocycles. The second-order valence-electron chi connectivity index (χ2n) is 4.23. The van der Waals surface area contributed by atoms with Crippen molar-refractivity contribution in [1.82, 2.24) is 0 Å². The molecule has 88 valence electrons. The molecule has 0 bridgehead atoms. The lowest BCUT2D eigenvalue weighted by Gasteiger charge is -2.18. The summed E-state index contributed by atoms with van der Waals surface area (Å²) in [6.07, 6.45) is 1.82. The van der Waals surface area contributed by atoms with Gasteiger partial charge >= 0.3 is 5.97 Å². The van der Waals surface area contributed by atoms with Gasteiger partial charge in [0.2, 0.25) is 0 Å². The van der Waals surface area contributed by atoms with Crippen molar-refractivity contribution >= 4 is 5.97 Å². The van der Waals surface area contributed by atoms with E-state index in [1.54, 1.807) is 13.0 Å². The van der Waals surface area contributed by atoms with Gasteiger partial charge in [0.15, 0.2) is 0 Å². The molecule has 4 heteroatoms. The molecule has 0 fully saturated rings. The number of carboxylic acids is 1. The van der Waals surface area contributed by atoms with Gasteiger partial charge in [-0.2, -0.15) is 0 Å². The van der Waals surface area contributed by atoms with E-state index in [0.29, 0.717) is 12.4 Å². The molecule has 0 radical (unpaired) electrons. The van der Waals surface area contributed by atoms with E-state index in [9.17, 15) is 4.79 Å². The number of hydrogen-bond donors (Lipinski definition) is 1. The molecule has 0 atom stereocenters. The summed E-state index contributed by atoms with van der Waals surface area (Å²) in [5.74, 6) is -0.158. The lowest BCUT2D eigenvalue weighted by molar-refractivity contribution is -0.137. The summed E-state index contributed by atoms with van der Waals surface area (Å²) in [4.78, 5) is 10.2. The second-order valence-corrected chi connectivity index (χ2v) is 4.23. The number of rotatable bonds is 6. The Bertz CT molecular complexity index is 225. The topological polar surface area (TPSA) is 55.8 Å². The second kappa shape index (κ2) is 6.45. The molecule has 15 heavy (non-hydrogen) atoms. The average Bonchev–Trinajstić information content (AvgIpc) is 2.00. The van der Waals surface area contributed by atoms with E-state index in [1.165, 1.54) is 0 Å². The number of carboxylic acid groups (broad SMARTS) is 1. The predicted octanol–water partition coefficient (Wildman–Crippen LogP) is 2.20. The van der Waals surface area contributed by atoms with Gasteiger partial charge in [0.25, 0.3) is 0 Å². The van der Waals surface area contributed by atoms with E-state index >= 15 is 0 Å². The van der Waals surface area contributed by atoms with Gasteiger partial charge in [-0.05, 0) is 33.8 Å².